The molecule has 0 aliphatic carbocycles. The van der Waals surface area contributed by atoms with Crippen LogP contribution in [0.25, 0.3) is 0 Å². The lowest BCUT2D eigenvalue weighted by atomic mass is 9.95. The summed E-state index contributed by atoms with van der Waals surface area (Å²) in [5, 5.41) is 12.1. The maximum atomic E-state index is 12.7. The molecule has 1 aliphatic rings. The average Bonchev–Trinajstić information content (AvgIpc) is 2.73. The van der Waals surface area contributed by atoms with Gasteiger partial charge in [0, 0.05) is 13.1 Å². The van der Waals surface area contributed by atoms with E-state index in [0.29, 0.717) is 31.5 Å². The van der Waals surface area contributed by atoms with Crippen LogP contribution in [0.15, 0.2) is 60.7 Å². The van der Waals surface area contributed by atoms with Gasteiger partial charge in [-0.3, -0.25) is 9.59 Å². The second-order valence-corrected chi connectivity index (χ2v) is 7.03. The molecule has 2 unspecified atom stereocenters. The molecule has 1 aliphatic heterocycles. The topological polar surface area (TPSA) is 86.7 Å². The van der Waals surface area contributed by atoms with Gasteiger partial charge in [-0.05, 0) is 24.0 Å². The van der Waals surface area contributed by atoms with Crippen molar-refractivity contribution in [2.75, 3.05) is 13.1 Å². The highest BCUT2D eigenvalue weighted by molar-refractivity contribution is 5.87. The van der Waals surface area contributed by atoms with Gasteiger partial charge in [-0.2, -0.15) is 0 Å². The molecule has 1 fully saturated rings. The number of likely N-dealkylation sites (tertiary alicyclic amines) is 1. The molecule has 0 radical (unpaired) electrons. The second-order valence-electron chi connectivity index (χ2n) is 7.03. The summed E-state index contributed by atoms with van der Waals surface area (Å²) in [5.74, 6) is -1.85. The third-order valence-corrected chi connectivity index (χ3v) is 5.01. The van der Waals surface area contributed by atoms with E-state index in [4.69, 9.17) is 0 Å². The van der Waals surface area contributed by atoms with E-state index in [9.17, 15) is 19.5 Å². The zero-order valence-corrected chi connectivity index (χ0v) is 15.6. The number of carboxylic acid groups (broad SMARTS) is 1. The Balaban J connectivity index is 1.62. The number of carbonyl (C=O) groups is 3. The maximum Gasteiger partial charge on any atom is 0.330 e. The molecule has 0 aromatic heterocycles. The maximum absolute atomic E-state index is 12.7. The Bertz CT molecular complexity index is 823. The highest BCUT2D eigenvalue weighted by atomic mass is 16.4. The summed E-state index contributed by atoms with van der Waals surface area (Å²) in [7, 11) is 0. The highest BCUT2D eigenvalue weighted by Gasteiger charge is 2.31. The van der Waals surface area contributed by atoms with Gasteiger partial charge in [0.05, 0.1) is 12.3 Å². The van der Waals surface area contributed by atoms with E-state index in [0.717, 1.165) is 12.0 Å². The first-order valence-corrected chi connectivity index (χ1v) is 9.44. The first-order chi connectivity index (χ1) is 13.5. The van der Waals surface area contributed by atoms with Gasteiger partial charge in [-0.25, -0.2) is 4.79 Å². The van der Waals surface area contributed by atoms with Gasteiger partial charge in [-0.1, -0.05) is 60.7 Å². The molecule has 6 nitrogen and oxygen atoms in total. The van der Waals surface area contributed by atoms with Crippen LogP contribution < -0.4 is 5.32 Å². The molecule has 3 rings (SSSR count). The van der Waals surface area contributed by atoms with Crippen molar-refractivity contribution >= 4 is 17.8 Å². The molecule has 28 heavy (non-hydrogen) atoms. The molecular formula is C22H24N2O4. The van der Waals surface area contributed by atoms with Gasteiger partial charge in [0.2, 0.25) is 11.8 Å². The number of nitrogens with zero attached hydrogens (tertiary/aromatic N) is 1. The normalized spacial score (nSPS) is 17.6. The van der Waals surface area contributed by atoms with Crippen molar-refractivity contribution in [2.45, 2.75) is 25.3 Å². The minimum atomic E-state index is -1.10. The van der Waals surface area contributed by atoms with Crippen LogP contribution in [0.4, 0.5) is 0 Å². The van der Waals surface area contributed by atoms with Gasteiger partial charge in [0.15, 0.2) is 6.04 Å². The summed E-state index contributed by atoms with van der Waals surface area (Å²) in [6.07, 6.45) is 1.67. The fourth-order valence-electron chi connectivity index (χ4n) is 3.49. The van der Waals surface area contributed by atoms with E-state index in [1.807, 2.05) is 30.3 Å². The Hall–Kier alpha value is -3.15. The Labute approximate surface area is 164 Å². The number of amides is 2. The van der Waals surface area contributed by atoms with E-state index in [2.05, 4.69) is 5.32 Å². The predicted molar refractivity (Wildman–Crippen MR) is 104 cm³/mol. The number of aliphatic carboxylic acids is 1. The number of hydrogen-bond donors (Lipinski definition) is 2. The molecule has 146 valence electrons. The molecule has 0 bridgehead atoms. The van der Waals surface area contributed by atoms with Crippen molar-refractivity contribution < 1.29 is 19.5 Å². The van der Waals surface area contributed by atoms with Gasteiger partial charge in [-0.15, -0.1) is 0 Å². The quantitative estimate of drug-likeness (QED) is 0.806. The third-order valence-electron chi connectivity index (χ3n) is 5.01. The van der Waals surface area contributed by atoms with E-state index >= 15 is 0 Å². The summed E-state index contributed by atoms with van der Waals surface area (Å²) in [5.41, 5.74) is 1.46. The first kappa shape index (κ1) is 19.6. The van der Waals surface area contributed by atoms with E-state index in [1.165, 1.54) is 0 Å². The van der Waals surface area contributed by atoms with Gasteiger partial charge in [0.1, 0.15) is 0 Å². The van der Waals surface area contributed by atoms with Gasteiger partial charge in [0.25, 0.3) is 0 Å². The monoisotopic (exact) mass is 380 g/mol. The highest BCUT2D eigenvalue weighted by Crippen LogP contribution is 2.20. The minimum Gasteiger partial charge on any atom is -0.479 e. The number of nitrogens with one attached hydrogen (secondary N) is 1. The average molecular weight is 380 g/mol. The summed E-state index contributed by atoms with van der Waals surface area (Å²) >= 11 is 0. The Kier molecular flexibility index (Phi) is 6.42. The van der Waals surface area contributed by atoms with Crippen LogP contribution in [0, 0.1) is 5.92 Å². The molecule has 0 saturated carbocycles. The summed E-state index contributed by atoms with van der Waals surface area (Å²) in [6.45, 7) is 0.940. The summed E-state index contributed by atoms with van der Waals surface area (Å²) in [4.78, 5) is 38.6. The standard InChI is InChI=1S/C22H24N2O4/c25-19(14-16-8-3-1-4-9-16)24-13-7-12-18(15-24)21(26)23-20(22(27)28)17-10-5-2-6-11-17/h1-6,8-11,18,20H,7,12-15H2,(H,23,26)(H,27,28). The van der Waals surface area contributed by atoms with Crippen molar-refractivity contribution in [2.24, 2.45) is 5.92 Å². The Morgan fingerprint density at radius 1 is 1.04 bits per heavy atom. The molecular weight excluding hydrogens is 356 g/mol. The molecule has 2 amide bonds. The van der Waals surface area contributed by atoms with Crippen LogP contribution >= 0.6 is 0 Å². The number of carbonyl (C=O) groups excluding carboxylic acids is 2. The largest absolute Gasteiger partial charge is 0.479 e. The van der Waals surface area contributed by atoms with Crippen LogP contribution in [-0.4, -0.2) is 40.9 Å². The van der Waals surface area contributed by atoms with Crippen molar-refractivity contribution in [3.8, 4) is 0 Å². The second kappa shape index (κ2) is 9.17. The lowest BCUT2D eigenvalue weighted by Gasteiger charge is -2.32. The van der Waals surface area contributed by atoms with Crippen LogP contribution in [0.3, 0.4) is 0 Å². The van der Waals surface area contributed by atoms with E-state index < -0.39 is 17.9 Å². The lowest BCUT2D eigenvalue weighted by Crippen LogP contribution is -2.47. The fraction of sp³-hybridized carbons (Fsp3) is 0.318. The van der Waals surface area contributed by atoms with Gasteiger partial charge >= 0.3 is 5.97 Å². The molecule has 1 heterocycles. The molecule has 6 heteroatoms. The predicted octanol–water partition coefficient (Wildman–Crippen LogP) is 2.41. The number of rotatable bonds is 6. The SMILES string of the molecule is O=C(NC(C(=O)O)c1ccccc1)C1CCCN(C(=O)Cc2ccccc2)C1. The van der Waals surface area contributed by atoms with Crippen molar-refractivity contribution in [1.29, 1.82) is 0 Å². The van der Waals surface area contributed by atoms with Crippen molar-refractivity contribution in [3.63, 3.8) is 0 Å². The molecule has 2 aromatic carbocycles. The number of piperidine rings is 1. The van der Waals surface area contributed by atoms with Crippen molar-refractivity contribution in [3.05, 3.63) is 71.8 Å². The summed E-state index contributed by atoms with van der Waals surface area (Å²) < 4.78 is 0. The fourth-order valence-corrected chi connectivity index (χ4v) is 3.49. The number of benzene rings is 2. The molecule has 2 aromatic rings. The summed E-state index contributed by atoms with van der Waals surface area (Å²) in [6, 6.07) is 17.0. The molecule has 0 spiro atoms. The molecule has 2 atom stereocenters. The van der Waals surface area contributed by atoms with Crippen LogP contribution in [-0.2, 0) is 20.8 Å². The van der Waals surface area contributed by atoms with E-state index in [1.54, 1.807) is 35.2 Å². The van der Waals surface area contributed by atoms with Crippen LogP contribution in [0.2, 0.25) is 0 Å². The number of carboxylic acids is 1. The third kappa shape index (κ3) is 4.97. The number of hydrogen-bond acceptors (Lipinski definition) is 3. The Morgan fingerprint density at radius 3 is 2.32 bits per heavy atom. The zero-order valence-electron chi connectivity index (χ0n) is 15.6. The zero-order chi connectivity index (χ0) is 19.9. The minimum absolute atomic E-state index is 0.0125. The molecule has 2 N–H and O–H groups in total. The van der Waals surface area contributed by atoms with Crippen molar-refractivity contribution in [1.82, 2.24) is 10.2 Å². The molecule has 1 saturated heterocycles. The van der Waals surface area contributed by atoms with Crippen LogP contribution in [0.1, 0.15) is 30.0 Å². The van der Waals surface area contributed by atoms with Gasteiger partial charge < -0.3 is 15.3 Å². The Morgan fingerprint density at radius 2 is 1.68 bits per heavy atom. The lowest BCUT2D eigenvalue weighted by molar-refractivity contribution is -0.144. The first-order valence-electron chi connectivity index (χ1n) is 9.44. The van der Waals surface area contributed by atoms with Crippen LogP contribution in [0.5, 0.6) is 0 Å². The smallest absolute Gasteiger partial charge is 0.330 e. The van der Waals surface area contributed by atoms with E-state index in [-0.39, 0.29) is 11.8 Å².